The van der Waals surface area contributed by atoms with Crippen molar-refractivity contribution >= 4 is 17.5 Å². The average molecular weight is 417 g/mol. The highest BCUT2D eigenvalue weighted by Crippen LogP contribution is 2.30. The van der Waals surface area contributed by atoms with E-state index in [-0.39, 0.29) is 5.75 Å². The van der Waals surface area contributed by atoms with E-state index in [0.717, 1.165) is 5.69 Å². The Bertz CT molecular complexity index is 995. The summed E-state index contributed by atoms with van der Waals surface area (Å²) < 4.78 is 47.2. The number of anilines is 3. The number of hydrogen-bond donors (Lipinski definition) is 1. The predicted octanol–water partition coefficient (Wildman–Crippen LogP) is 4.02. The van der Waals surface area contributed by atoms with Crippen LogP contribution in [0.2, 0.25) is 0 Å². The third-order valence-electron chi connectivity index (χ3n) is 4.31. The number of nitrogens with zero attached hydrogens (tertiary/aromatic N) is 4. The van der Waals surface area contributed by atoms with E-state index < -0.39 is 6.36 Å². The zero-order chi connectivity index (χ0) is 21.0. The standard InChI is InChI=1S/C20H18F3N5O2/c21-20(22,23)30-16-5-1-3-14(11-16)17-12-18(25-15-4-2-6-24-13-15)27-19(26-17)28-7-9-29-10-8-28/h1-6,11-13H,7-10H2,(H,25,26,27). The maximum Gasteiger partial charge on any atom is 0.573 e. The first kappa shape index (κ1) is 19.9. The fourth-order valence-corrected chi connectivity index (χ4v) is 2.99. The third-order valence-corrected chi connectivity index (χ3v) is 4.31. The normalized spacial score (nSPS) is 14.4. The fraction of sp³-hybridized carbons (Fsp3) is 0.250. The van der Waals surface area contributed by atoms with Gasteiger partial charge in [0.15, 0.2) is 0 Å². The van der Waals surface area contributed by atoms with Crippen LogP contribution in [0.4, 0.5) is 30.6 Å². The van der Waals surface area contributed by atoms with Crippen molar-refractivity contribution in [3.8, 4) is 17.0 Å². The molecule has 1 N–H and O–H groups in total. The first-order chi connectivity index (χ1) is 14.5. The molecule has 10 heteroatoms. The van der Waals surface area contributed by atoms with Crippen LogP contribution in [0.25, 0.3) is 11.3 Å². The Labute approximate surface area is 170 Å². The number of ether oxygens (including phenoxy) is 2. The summed E-state index contributed by atoms with van der Waals surface area (Å²) in [6, 6.07) is 11.0. The van der Waals surface area contributed by atoms with E-state index in [1.54, 1.807) is 30.6 Å². The van der Waals surface area contributed by atoms with Gasteiger partial charge in [0.1, 0.15) is 11.6 Å². The number of pyridine rings is 1. The molecule has 0 saturated carbocycles. The summed E-state index contributed by atoms with van der Waals surface area (Å²) in [5.41, 5.74) is 1.66. The quantitative estimate of drug-likeness (QED) is 0.672. The number of hydrogen-bond acceptors (Lipinski definition) is 7. The highest BCUT2D eigenvalue weighted by molar-refractivity contribution is 5.68. The first-order valence-electron chi connectivity index (χ1n) is 9.21. The van der Waals surface area contributed by atoms with Gasteiger partial charge in [-0.05, 0) is 24.3 Å². The molecule has 3 aromatic rings. The van der Waals surface area contributed by atoms with Gasteiger partial charge in [0.2, 0.25) is 5.95 Å². The second-order valence-electron chi connectivity index (χ2n) is 6.48. The van der Waals surface area contributed by atoms with Crippen LogP contribution in [0.15, 0.2) is 54.9 Å². The Morgan fingerprint density at radius 3 is 2.60 bits per heavy atom. The predicted molar refractivity (Wildman–Crippen MR) is 105 cm³/mol. The van der Waals surface area contributed by atoms with Gasteiger partial charge in [0, 0.05) is 30.9 Å². The lowest BCUT2D eigenvalue weighted by molar-refractivity contribution is -0.274. The van der Waals surface area contributed by atoms with Crippen LogP contribution >= 0.6 is 0 Å². The largest absolute Gasteiger partial charge is 0.573 e. The van der Waals surface area contributed by atoms with Crippen molar-refractivity contribution < 1.29 is 22.6 Å². The number of nitrogens with one attached hydrogen (secondary N) is 1. The fourth-order valence-electron chi connectivity index (χ4n) is 2.99. The smallest absolute Gasteiger partial charge is 0.406 e. The molecule has 0 unspecified atom stereocenters. The number of benzene rings is 1. The summed E-state index contributed by atoms with van der Waals surface area (Å²) >= 11 is 0. The van der Waals surface area contributed by atoms with Crippen molar-refractivity contribution in [2.75, 3.05) is 36.5 Å². The van der Waals surface area contributed by atoms with Crippen LogP contribution in [-0.4, -0.2) is 47.6 Å². The van der Waals surface area contributed by atoms with E-state index in [4.69, 9.17) is 4.74 Å². The molecular formula is C20H18F3N5O2. The van der Waals surface area contributed by atoms with Gasteiger partial charge in [0.05, 0.1) is 30.8 Å². The highest BCUT2D eigenvalue weighted by atomic mass is 19.4. The van der Waals surface area contributed by atoms with Crippen molar-refractivity contribution in [3.63, 3.8) is 0 Å². The molecule has 0 bridgehead atoms. The molecule has 1 saturated heterocycles. The van der Waals surface area contributed by atoms with Gasteiger partial charge < -0.3 is 19.7 Å². The van der Waals surface area contributed by atoms with Crippen molar-refractivity contribution in [2.24, 2.45) is 0 Å². The first-order valence-corrected chi connectivity index (χ1v) is 9.21. The van der Waals surface area contributed by atoms with Gasteiger partial charge in [-0.2, -0.15) is 4.98 Å². The third kappa shape index (κ3) is 5.15. The Kier molecular flexibility index (Phi) is 5.66. The molecule has 30 heavy (non-hydrogen) atoms. The summed E-state index contributed by atoms with van der Waals surface area (Å²) in [6.45, 7) is 2.34. The summed E-state index contributed by atoms with van der Waals surface area (Å²) in [7, 11) is 0. The van der Waals surface area contributed by atoms with Crippen LogP contribution in [-0.2, 0) is 4.74 Å². The summed E-state index contributed by atoms with van der Waals surface area (Å²) in [5.74, 6) is 0.647. The number of rotatable bonds is 5. The van der Waals surface area contributed by atoms with Crippen LogP contribution < -0.4 is 15.0 Å². The molecule has 2 aromatic heterocycles. The zero-order valence-corrected chi connectivity index (χ0v) is 15.8. The minimum Gasteiger partial charge on any atom is -0.406 e. The number of alkyl halides is 3. The Hall–Kier alpha value is -3.40. The van der Waals surface area contributed by atoms with E-state index in [2.05, 4.69) is 25.0 Å². The number of morpholine rings is 1. The molecule has 1 aliphatic heterocycles. The lowest BCUT2D eigenvalue weighted by Gasteiger charge is -2.27. The minimum atomic E-state index is -4.77. The lowest BCUT2D eigenvalue weighted by Crippen LogP contribution is -2.37. The molecule has 0 atom stereocenters. The van der Waals surface area contributed by atoms with Crippen molar-refractivity contribution in [2.45, 2.75) is 6.36 Å². The van der Waals surface area contributed by atoms with E-state index in [1.165, 1.54) is 18.2 Å². The average Bonchev–Trinajstić information content (AvgIpc) is 2.74. The monoisotopic (exact) mass is 417 g/mol. The van der Waals surface area contributed by atoms with Crippen LogP contribution in [0.5, 0.6) is 5.75 Å². The summed E-state index contributed by atoms with van der Waals surface area (Å²) in [6.07, 6.45) is -1.47. The van der Waals surface area contributed by atoms with Crippen molar-refractivity contribution in [1.29, 1.82) is 0 Å². The number of halogens is 3. The maximum atomic E-state index is 12.6. The van der Waals surface area contributed by atoms with Gasteiger partial charge in [-0.25, -0.2) is 4.98 Å². The van der Waals surface area contributed by atoms with Crippen LogP contribution in [0, 0.1) is 0 Å². The van der Waals surface area contributed by atoms with Crippen molar-refractivity contribution in [1.82, 2.24) is 15.0 Å². The Balaban J connectivity index is 1.71. The molecule has 0 amide bonds. The minimum absolute atomic E-state index is 0.312. The second kappa shape index (κ2) is 8.54. The van der Waals surface area contributed by atoms with Crippen molar-refractivity contribution in [3.05, 3.63) is 54.9 Å². The molecule has 1 aromatic carbocycles. The van der Waals surface area contributed by atoms with Gasteiger partial charge >= 0.3 is 6.36 Å². The highest BCUT2D eigenvalue weighted by Gasteiger charge is 2.31. The molecule has 156 valence electrons. The SMILES string of the molecule is FC(F)(F)Oc1cccc(-c2cc(Nc3cccnc3)nc(N3CCOCC3)n2)c1. The van der Waals surface area contributed by atoms with E-state index >= 15 is 0 Å². The van der Waals surface area contributed by atoms with Crippen LogP contribution in [0.1, 0.15) is 0 Å². The molecule has 4 rings (SSSR count). The maximum absolute atomic E-state index is 12.6. The molecule has 7 nitrogen and oxygen atoms in total. The molecule has 1 fully saturated rings. The molecule has 1 aliphatic rings. The summed E-state index contributed by atoms with van der Waals surface area (Å²) in [4.78, 5) is 15.2. The van der Waals surface area contributed by atoms with E-state index in [0.29, 0.717) is 49.3 Å². The second-order valence-corrected chi connectivity index (χ2v) is 6.48. The molecule has 3 heterocycles. The van der Waals surface area contributed by atoms with E-state index in [1.807, 2.05) is 11.0 Å². The molecule has 0 aliphatic carbocycles. The molecular weight excluding hydrogens is 399 g/mol. The van der Waals surface area contributed by atoms with Gasteiger partial charge in [0.25, 0.3) is 0 Å². The lowest BCUT2D eigenvalue weighted by atomic mass is 10.1. The zero-order valence-electron chi connectivity index (χ0n) is 15.8. The number of aromatic nitrogens is 3. The van der Waals surface area contributed by atoms with Gasteiger partial charge in [-0.15, -0.1) is 13.2 Å². The Morgan fingerprint density at radius 2 is 1.87 bits per heavy atom. The van der Waals surface area contributed by atoms with Crippen LogP contribution in [0.3, 0.4) is 0 Å². The van der Waals surface area contributed by atoms with E-state index in [9.17, 15) is 13.2 Å². The summed E-state index contributed by atoms with van der Waals surface area (Å²) in [5, 5.41) is 3.16. The topological polar surface area (TPSA) is 72.4 Å². The van der Waals surface area contributed by atoms with Gasteiger partial charge in [-0.3, -0.25) is 4.98 Å². The van der Waals surface area contributed by atoms with Gasteiger partial charge in [-0.1, -0.05) is 12.1 Å². The Morgan fingerprint density at radius 1 is 1.03 bits per heavy atom. The molecule has 0 spiro atoms. The molecule has 0 radical (unpaired) electrons.